The Morgan fingerprint density at radius 1 is 1.26 bits per heavy atom. The molecule has 0 aliphatic carbocycles. The Hall–Kier alpha value is -1.11. The first-order valence-corrected chi connectivity index (χ1v) is 6.95. The predicted molar refractivity (Wildman–Crippen MR) is 78.1 cm³/mol. The van der Waals surface area contributed by atoms with Crippen LogP contribution in [0, 0.1) is 0 Å². The van der Waals surface area contributed by atoms with Crippen molar-refractivity contribution < 1.29 is 14.6 Å². The molecule has 1 aromatic carbocycles. The zero-order valence-electron chi connectivity index (χ0n) is 9.23. The van der Waals surface area contributed by atoms with Crippen LogP contribution in [0.25, 0.3) is 0 Å². The smallest absolute Gasteiger partial charge is 0.341 e. The summed E-state index contributed by atoms with van der Waals surface area (Å²) in [5.74, 6) is -0.820. The van der Waals surface area contributed by atoms with Crippen molar-refractivity contribution in [1.82, 2.24) is 4.98 Å². The van der Waals surface area contributed by atoms with Crippen LogP contribution in [-0.2, 0) is 0 Å². The summed E-state index contributed by atoms with van der Waals surface area (Å²) in [5.41, 5.74) is -0.0505. The minimum absolute atomic E-state index is 0.0179. The van der Waals surface area contributed by atoms with E-state index in [-0.39, 0.29) is 11.4 Å². The molecule has 0 atom stereocenters. The van der Waals surface area contributed by atoms with Crippen molar-refractivity contribution in [2.24, 2.45) is 0 Å². The molecule has 0 unspecified atom stereocenters. The molecule has 1 aromatic heterocycles. The molecule has 2 rings (SSSR count). The number of hydrogen-bond acceptors (Lipinski definition) is 3. The van der Waals surface area contributed by atoms with Crippen LogP contribution >= 0.6 is 43.5 Å². The fourth-order valence-corrected chi connectivity index (χ4v) is 2.15. The maximum atomic E-state index is 11.1. The lowest BCUT2D eigenvalue weighted by Crippen LogP contribution is -2.02. The van der Waals surface area contributed by atoms with Crippen molar-refractivity contribution in [2.75, 3.05) is 0 Å². The lowest BCUT2D eigenvalue weighted by molar-refractivity contribution is 0.0693. The van der Waals surface area contributed by atoms with Crippen molar-refractivity contribution in [3.05, 3.63) is 50.0 Å². The molecule has 0 saturated carbocycles. The van der Waals surface area contributed by atoms with E-state index in [0.717, 1.165) is 4.47 Å². The number of carboxylic acid groups (broad SMARTS) is 1. The van der Waals surface area contributed by atoms with Crippen molar-refractivity contribution >= 4 is 49.4 Å². The summed E-state index contributed by atoms with van der Waals surface area (Å²) >= 11 is 12.4. The minimum atomic E-state index is -1.13. The molecule has 0 fully saturated rings. The van der Waals surface area contributed by atoms with Gasteiger partial charge in [0, 0.05) is 15.1 Å². The number of aromatic nitrogens is 1. The van der Waals surface area contributed by atoms with Gasteiger partial charge in [0.25, 0.3) is 0 Å². The number of carboxylic acids is 1. The van der Waals surface area contributed by atoms with Gasteiger partial charge in [0.2, 0.25) is 5.88 Å². The third-order valence-corrected chi connectivity index (χ3v) is 3.39. The zero-order chi connectivity index (χ0) is 14.0. The second-order valence-corrected chi connectivity index (χ2v) is 5.73. The number of nitrogens with zero attached hydrogens (tertiary/aromatic N) is 1. The molecule has 7 heteroatoms. The molecule has 0 bridgehead atoms. The summed E-state index contributed by atoms with van der Waals surface area (Å²) in [6.07, 6.45) is 1.45. The van der Waals surface area contributed by atoms with E-state index in [1.165, 1.54) is 12.3 Å². The maximum absolute atomic E-state index is 11.1. The number of halogens is 3. The van der Waals surface area contributed by atoms with Crippen LogP contribution in [0.1, 0.15) is 10.4 Å². The van der Waals surface area contributed by atoms with Crippen LogP contribution in [0.5, 0.6) is 11.6 Å². The second-order valence-electron chi connectivity index (χ2n) is 3.49. The fourth-order valence-electron chi connectivity index (χ4n) is 1.32. The molecule has 0 saturated heterocycles. The molecule has 1 N–H and O–H groups in total. The Bertz CT molecular complexity index is 649. The monoisotopic (exact) mass is 405 g/mol. The fraction of sp³-hybridized carbons (Fsp3) is 0. The highest BCUT2D eigenvalue weighted by Gasteiger charge is 2.15. The molecule has 2 aromatic rings. The normalized spacial score (nSPS) is 10.3. The SMILES string of the molecule is O=C(O)c1cc(Br)cnc1Oc1cc(Br)ccc1Cl. The topological polar surface area (TPSA) is 59.4 Å². The third kappa shape index (κ3) is 3.46. The standard InChI is InChI=1S/C12H6Br2ClNO3/c13-6-1-2-9(15)10(4-6)19-11-8(12(17)18)3-7(14)5-16-11/h1-5H,(H,17,18). The summed E-state index contributed by atoms with van der Waals surface area (Å²) in [6.45, 7) is 0. The van der Waals surface area contributed by atoms with Gasteiger partial charge in [-0.15, -0.1) is 0 Å². The molecule has 0 amide bonds. The molecule has 4 nitrogen and oxygen atoms in total. The first kappa shape index (κ1) is 14.3. The Morgan fingerprint density at radius 2 is 2.00 bits per heavy atom. The van der Waals surface area contributed by atoms with Gasteiger partial charge >= 0.3 is 5.97 Å². The molecule has 0 aliphatic heterocycles. The van der Waals surface area contributed by atoms with Gasteiger partial charge in [-0.1, -0.05) is 27.5 Å². The maximum Gasteiger partial charge on any atom is 0.341 e. The van der Waals surface area contributed by atoms with Crippen LogP contribution in [0.15, 0.2) is 39.4 Å². The second kappa shape index (κ2) is 5.90. The van der Waals surface area contributed by atoms with Gasteiger partial charge in [-0.3, -0.25) is 0 Å². The predicted octanol–water partition coefficient (Wildman–Crippen LogP) is 4.75. The lowest BCUT2D eigenvalue weighted by Gasteiger charge is -2.09. The van der Waals surface area contributed by atoms with E-state index in [4.69, 9.17) is 21.4 Å². The van der Waals surface area contributed by atoms with Gasteiger partial charge in [0.1, 0.15) is 11.3 Å². The van der Waals surface area contributed by atoms with E-state index in [9.17, 15) is 4.79 Å². The summed E-state index contributed by atoms with van der Waals surface area (Å²) in [5, 5.41) is 9.47. The molecule has 1 heterocycles. The Kier molecular flexibility index (Phi) is 4.44. The molecular formula is C12H6Br2ClNO3. The highest BCUT2D eigenvalue weighted by molar-refractivity contribution is 9.10. The van der Waals surface area contributed by atoms with E-state index in [1.54, 1.807) is 18.2 Å². The molecule has 98 valence electrons. The third-order valence-electron chi connectivity index (χ3n) is 2.15. The highest BCUT2D eigenvalue weighted by Crippen LogP contribution is 2.33. The van der Waals surface area contributed by atoms with Gasteiger partial charge in [-0.2, -0.15) is 0 Å². The van der Waals surface area contributed by atoms with Gasteiger partial charge in [0.05, 0.1) is 5.02 Å². The first-order chi connectivity index (χ1) is 8.97. The number of rotatable bonds is 3. The first-order valence-electron chi connectivity index (χ1n) is 4.99. The van der Waals surface area contributed by atoms with Crippen molar-refractivity contribution in [3.8, 4) is 11.6 Å². The summed E-state index contributed by atoms with van der Waals surface area (Å²) in [6, 6.07) is 6.44. The van der Waals surface area contributed by atoms with Crippen molar-refractivity contribution in [1.29, 1.82) is 0 Å². The van der Waals surface area contributed by atoms with E-state index in [0.29, 0.717) is 15.2 Å². The average Bonchev–Trinajstić information content (AvgIpc) is 2.35. The Labute approximate surface area is 130 Å². The number of pyridine rings is 1. The Morgan fingerprint density at radius 3 is 2.68 bits per heavy atom. The average molecular weight is 407 g/mol. The zero-order valence-corrected chi connectivity index (χ0v) is 13.2. The van der Waals surface area contributed by atoms with Crippen LogP contribution in [-0.4, -0.2) is 16.1 Å². The molecule has 0 spiro atoms. The van der Waals surface area contributed by atoms with E-state index in [1.807, 2.05) is 0 Å². The lowest BCUT2D eigenvalue weighted by atomic mass is 10.3. The largest absolute Gasteiger partial charge is 0.477 e. The summed E-state index contributed by atoms with van der Waals surface area (Å²) < 4.78 is 6.78. The number of benzene rings is 1. The number of aromatic carboxylic acids is 1. The van der Waals surface area contributed by atoms with E-state index >= 15 is 0 Å². The van der Waals surface area contributed by atoms with Gasteiger partial charge < -0.3 is 9.84 Å². The van der Waals surface area contributed by atoms with Crippen LogP contribution in [0.3, 0.4) is 0 Å². The number of ether oxygens (including phenoxy) is 1. The van der Waals surface area contributed by atoms with Gasteiger partial charge in [-0.25, -0.2) is 9.78 Å². The summed E-state index contributed by atoms with van der Waals surface area (Å²) in [7, 11) is 0. The van der Waals surface area contributed by atoms with Crippen LogP contribution < -0.4 is 4.74 Å². The van der Waals surface area contributed by atoms with Crippen LogP contribution in [0.2, 0.25) is 5.02 Å². The van der Waals surface area contributed by atoms with Gasteiger partial charge in [-0.05, 0) is 40.2 Å². The molecule has 0 aliphatic rings. The Balaban J connectivity index is 2.43. The quantitative estimate of drug-likeness (QED) is 0.798. The van der Waals surface area contributed by atoms with E-state index < -0.39 is 5.97 Å². The van der Waals surface area contributed by atoms with Gasteiger partial charge in [0.15, 0.2) is 0 Å². The molecular weight excluding hydrogens is 401 g/mol. The minimum Gasteiger partial charge on any atom is -0.477 e. The summed E-state index contributed by atoms with van der Waals surface area (Å²) in [4.78, 5) is 15.1. The van der Waals surface area contributed by atoms with Crippen molar-refractivity contribution in [3.63, 3.8) is 0 Å². The van der Waals surface area contributed by atoms with E-state index in [2.05, 4.69) is 36.8 Å². The molecule has 0 radical (unpaired) electrons. The number of hydrogen-bond donors (Lipinski definition) is 1. The number of carbonyl (C=O) groups is 1. The molecule has 19 heavy (non-hydrogen) atoms. The highest BCUT2D eigenvalue weighted by atomic mass is 79.9. The van der Waals surface area contributed by atoms with Crippen LogP contribution in [0.4, 0.5) is 0 Å². The van der Waals surface area contributed by atoms with Crippen molar-refractivity contribution in [2.45, 2.75) is 0 Å².